The first-order valence-corrected chi connectivity index (χ1v) is 9.55. The number of para-hydroxylation sites is 1. The Hall–Kier alpha value is -2.48. The molecule has 1 saturated heterocycles. The van der Waals surface area contributed by atoms with Gasteiger partial charge in [-0.3, -0.25) is 19.4 Å². The van der Waals surface area contributed by atoms with E-state index in [0.29, 0.717) is 11.7 Å². The number of nitrogens with zero attached hydrogens (tertiary/aromatic N) is 3. The van der Waals surface area contributed by atoms with E-state index in [1.807, 2.05) is 31.2 Å². The second-order valence-corrected chi connectivity index (χ2v) is 7.91. The van der Waals surface area contributed by atoms with Crippen molar-refractivity contribution in [3.63, 3.8) is 0 Å². The zero-order valence-corrected chi connectivity index (χ0v) is 15.5. The number of amides is 4. The fourth-order valence-electron chi connectivity index (χ4n) is 3.41. The maximum atomic E-state index is 12.8. The molecule has 2 aromatic rings. The molecule has 1 saturated carbocycles. The number of anilines is 1. The van der Waals surface area contributed by atoms with Crippen LogP contribution in [0.5, 0.6) is 0 Å². The molecule has 1 unspecified atom stereocenters. The van der Waals surface area contributed by atoms with Crippen LogP contribution >= 0.6 is 11.3 Å². The number of likely N-dealkylation sites (N-methyl/N-ethyl adjacent to an activating group) is 1. The number of fused-ring (bicyclic) bond motifs is 1. The van der Waals surface area contributed by atoms with Gasteiger partial charge >= 0.3 is 6.03 Å². The van der Waals surface area contributed by atoms with Gasteiger partial charge in [-0.05, 0) is 44.7 Å². The molecular weight excluding hydrogens is 352 g/mol. The summed E-state index contributed by atoms with van der Waals surface area (Å²) >= 11 is 1.42. The zero-order valence-electron chi connectivity index (χ0n) is 14.7. The number of nitrogens with one attached hydrogen (secondary N) is 1. The number of carbonyl (C=O) groups is 3. The Morgan fingerprint density at radius 2 is 2.12 bits per heavy atom. The van der Waals surface area contributed by atoms with E-state index in [1.54, 1.807) is 6.92 Å². The lowest BCUT2D eigenvalue weighted by molar-refractivity contribution is -0.134. The van der Waals surface area contributed by atoms with E-state index in [-0.39, 0.29) is 24.3 Å². The predicted molar refractivity (Wildman–Crippen MR) is 99.0 cm³/mol. The highest BCUT2D eigenvalue weighted by Gasteiger charge is 2.56. The summed E-state index contributed by atoms with van der Waals surface area (Å²) in [4.78, 5) is 44.9. The fourth-order valence-corrected chi connectivity index (χ4v) is 4.46. The van der Waals surface area contributed by atoms with Crippen LogP contribution in [0.2, 0.25) is 0 Å². The summed E-state index contributed by atoms with van der Waals surface area (Å²) in [6, 6.07) is 7.18. The summed E-state index contributed by atoms with van der Waals surface area (Å²) in [7, 11) is 0. The van der Waals surface area contributed by atoms with Crippen LogP contribution in [0.15, 0.2) is 24.3 Å². The van der Waals surface area contributed by atoms with Crippen molar-refractivity contribution in [2.75, 3.05) is 18.0 Å². The Bertz CT molecular complexity index is 874. The van der Waals surface area contributed by atoms with Crippen LogP contribution in [0.25, 0.3) is 10.2 Å². The number of hydrogen-bond acceptors (Lipinski definition) is 5. The molecule has 4 amide bonds. The van der Waals surface area contributed by atoms with Gasteiger partial charge in [-0.25, -0.2) is 9.78 Å². The molecule has 1 aliphatic heterocycles. The van der Waals surface area contributed by atoms with Gasteiger partial charge in [0.1, 0.15) is 12.1 Å². The van der Waals surface area contributed by atoms with Gasteiger partial charge in [0.15, 0.2) is 5.13 Å². The molecule has 136 valence electrons. The van der Waals surface area contributed by atoms with Crippen LogP contribution < -0.4 is 10.2 Å². The first-order valence-electron chi connectivity index (χ1n) is 8.74. The van der Waals surface area contributed by atoms with Crippen LogP contribution in [0.3, 0.4) is 0 Å². The number of benzene rings is 1. The van der Waals surface area contributed by atoms with Crippen LogP contribution in [0.1, 0.15) is 26.7 Å². The molecule has 0 bridgehead atoms. The van der Waals surface area contributed by atoms with Crippen LogP contribution in [0.4, 0.5) is 9.93 Å². The van der Waals surface area contributed by atoms with Gasteiger partial charge in [-0.1, -0.05) is 23.5 Å². The molecule has 7 nitrogen and oxygen atoms in total. The van der Waals surface area contributed by atoms with E-state index in [9.17, 15) is 14.4 Å². The minimum absolute atomic E-state index is 0.172. The van der Waals surface area contributed by atoms with Crippen molar-refractivity contribution in [1.82, 2.24) is 15.2 Å². The highest BCUT2D eigenvalue weighted by molar-refractivity contribution is 7.22. The first-order chi connectivity index (χ1) is 12.4. The third-order valence-electron chi connectivity index (χ3n) is 5.12. The molecule has 0 radical (unpaired) electrons. The third-order valence-corrected chi connectivity index (χ3v) is 6.18. The molecule has 4 rings (SSSR count). The largest absolute Gasteiger partial charge is 0.325 e. The van der Waals surface area contributed by atoms with Crippen LogP contribution in [0, 0.1) is 5.92 Å². The molecule has 2 fully saturated rings. The number of aromatic nitrogens is 1. The summed E-state index contributed by atoms with van der Waals surface area (Å²) < 4.78 is 0.991. The number of thiazole rings is 1. The van der Waals surface area contributed by atoms with Crippen molar-refractivity contribution in [1.29, 1.82) is 0 Å². The summed E-state index contributed by atoms with van der Waals surface area (Å²) in [5.74, 6) is -0.445. The zero-order chi connectivity index (χ0) is 18.5. The molecule has 8 heteroatoms. The van der Waals surface area contributed by atoms with Gasteiger partial charge in [0, 0.05) is 6.54 Å². The van der Waals surface area contributed by atoms with Gasteiger partial charge in [-0.15, -0.1) is 0 Å². The Balaban J connectivity index is 1.54. The van der Waals surface area contributed by atoms with Crippen molar-refractivity contribution in [2.24, 2.45) is 5.92 Å². The van der Waals surface area contributed by atoms with Crippen LogP contribution in [-0.2, 0) is 9.59 Å². The lowest BCUT2D eigenvalue weighted by atomic mass is 9.96. The van der Waals surface area contributed by atoms with E-state index in [1.165, 1.54) is 16.2 Å². The predicted octanol–water partition coefficient (Wildman–Crippen LogP) is 2.37. The standard InChI is InChI=1S/C18H20N4O3S/c1-3-21(17-19-12-6-4-5-7-13(12)26-17)14(23)10-22-15(24)18(2,11-8-9-11)20-16(22)25/h4-7,11H,3,8-10H2,1-2H3,(H,20,25). The molecule has 1 atom stereocenters. The highest BCUT2D eigenvalue weighted by atomic mass is 32.1. The Kier molecular flexibility index (Phi) is 3.95. The molecule has 1 aromatic heterocycles. The van der Waals surface area contributed by atoms with E-state index in [2.05, 4.69) is 10.3 Å². The average molecular weight is 372 g/mol. The molecular formula is C18H20N4O3S. The van der Waals surface area contributed by atoms with Gasteiger partial charge < -0.3 is 5.32 Å². The second kappa shape index (κ2) is 6.05. The average Bonchev–Trinajstić information content (AvgIpc) is 3.35. The quantitative estimate of drug-likeness (QED) is 0.817. The maximum Gasteiger partial charge on any atom is 0.325 e. The second-order valence-electron chi connectivity index (χ2n) is 6.90. The fraction of sp³-hybridized carbons (Fsp3) is 0.444. The monoisotopic (exact) mass is 372 g/mol. The topological polar surface area (TPSA) is 82.6 Å². The van der Waals surface area contributed by atoms with Gasteiger partial charge in [-0.2, -0.15) is 0 Å². The van der Waals surface area contributed by atoms with Gasteiger partial charge in [0.05, 0.1) is 10.2 Å². The summed E-state index contributed by atoms with van der Waals surface area (Å²) in [5.41, 5.74) is -0.0420. The lowest BCUT2D eigenvalue weighted by Crippen LogP contribution is -2.47. The van der Waals surface area contributed by atoms with Crippen LogP contribution in [-0.4, -0.2) is 46.4 Å². The molecule has 2 aliphatic rings. The number of urea groups is 1. The molecule has 1 aliphatic carbocycles. The summed E-state index contributed by atoms with van der Waals surface area (Å²) in [6.07, 6.45) is 1.86. The molecule has 0 spiro atoms. The molecule has 1 aromatic carbocycles. The van der Waals surface area contributed by atoms with Crippen molar-refractivity contribution in [3.8, 4) is 0 Å². The van der Waals surface area contributed by atoms with E-state index in [4.69, 9.17) is 0 Å². The normalized spacial score (nSPS) is 22.8. The Labute approximate surface area is 155 Å². The highest BCUT2D eigenvalue weighted by Crippen LogP contribution is 2.42. The van der Waals surface area contributed by atoms with E-state index in [0.717, 1.165) is 28.0 Å². The molecule has 26 heavy (non-hydrogen) atoms. The Morgan fingerprint density at radius 1 is 1.38 bits per heavy atom. The summed E-state index contributed by atoms with van der Waals surface area (Å²) in [5, 5.41) is 3.35. The van der Waals surface area contributed by atoms with E-state index < -0.39 is 11.6 Å². The van der Waals surface area contributed by atoms with Gasteiger partial charge in [0.2, 0.25) is 5.91 Å². The maximum absolute atomic E-state index is 12.8. The number of rotatable bonds is 5. The van der Waals surface area contributed by atoms with Crippen molar-refractivity contribution >= 4 is 44.5 Å². The van der Waals surface area contributed by atoms with Gasteiger partial charge in [0.25, 0.3) is 5.91 Å². The SMILES string of the molecule is CCN(C(=O)CN1C(=O)NC(C)(C2CC2)C1=O)c1nc2ccccc2s1. The van der Waals surface area contributed by atoms with Crippen molar-refractivity contribution in [3.05, 3.63) is 24.3 Å². The van der Waals surface area contributed by atoms with E-state index >= 15 is 0 Å². The Morgan fingerprint density at radius 3 is 2.77 bits per heavy atom. The number of imide groups is 1. The molecule has 1 N–H and O–H groups in total. The first kappa shape index (κ1) is 17.0. The molecule has 2 heterocycles. The number of hydrogen-bond donors (Lipinski definition) is 1. The van der Waals surface area contributed by atoms with Crippen molar-refractivity contribution < 1.29 is 14.4 Å². The third kappa shape index (κ3) is 2.65. The minimum atomic E-state index is -0.871. The van der Waals surface area contributed by atoms with Crippen molar-refractivity contribution in [2.45, 2.75) is 32.2 Å². The smallest absolute Gasteiger partial charge is 0.323 e. The summed E-state index contributed by atoms with van der Waals surface area (Å²) in [6.45, 7) is 3.75. The number of carbonyl (C=O) groups excluding carboxylic acids is 3. The minimum Gasteiger partial charge on any atom is -0.323 e. The lowest BCUT2D eigenvalue weighted by Gasteiger charge is -2.22.